The van der Waals surface area contributed by atoms with Crippen molar-refractivity contribution < 1.29 is 19.1 Å². The number of likely N-dealkylation sites (tertiary alicyclic amines) is 2. The highest BCUT2D eigenvalue weighted by molar-refractivity contribution is 5.89. The Labute approximate surface area is 224 Å². The Bertz CT molecular complexity index is 1190. The number of amides is 3. The van der Waals surface area contributed by atoms with Gasteiger partial charge in [0.25, 0.3) is 0 Å². The minimum atomic E-state index is -0.592. The van der Waals surface area contributed by atoms with Crippen molar-refractivity contribution >= 4 is 17.7 Å². The molecule has 38 heavy (non-hydrogen) atoms. The van der Waals surface area contributed by atoms with Crippen molar-refractivity contribution in [2.45, 2.75) is 32.1 Å². The van der Waals surface area contributed by atoms with Crippen molar-refractivity contribution in [3.05, 3.63) is 59.7 Å². The molecule has 3 heterocycles. The van der Waals surface area contributed by atoms with Crippen LogP contribution in [0.3, 0.4) is 0 Å². The topological polar surface area (TPSA) is 82.2 Å². The molecule has 2 aromatic carbocycles. The third-order valence-corrected chi connectivity index (χ3v) is 8.17. The highest BCUT2D eigenvalue weighted by atomic mass is 16.5. The summed E-state index contributed by atoms with van der Waals surface area (Å²) in [6, 6.07) is 16.0. The molecule has 2 saturated heterocycles. The quantitative estimate of drug-likeness (QED) is 0.673. The number of hydrogen-bond donors (Lipinski definition) is 1. The van der Waals surface area contributed by atoms with Crippen molar-refractivity contribution in [1.29, 1.82) is 0 Å². The van der Waals surface area contributed by atoms with E-state index in [2.05, 4.69) is 5.32 Å². The van der Waals surface area contributed by atoms with Crippen molar-refractivity contribution in [1.82, 2.24) is 20.0 Å². The van der Waals surface area contributed by atoms with Crippen LogP contribution in [-0.2, 0) is 27.2 Å². The lowest BCUT2D eigenvalue weighted by molar-refractivity contribution is -0.143. The second-order valence-corrected chi connectivity index (χ2v) is 11.2. The zero-order chi connectivity index (χ0) is 26.7. The van der Waals surface area contributed by atoms with Crippen LogP contribution >= 0.6 is 0 Å². The summed E-state index contributed by atoms with van der Waals surface area (Å²) in [6.07, 6.45) is 2.78. The minimum absolute atomic E-state index is 0.0419. The van der Waals surface area contributed by atoms with E-state index in [1.165, 1.54) is 0 Å². The zero-order valence-corrected chi connectivity index (χ0v) is 22.4. The smallest absolute Gasteiger partial charge is 0.227 e. The van der Waals surface area contributed by atoms with E-state index < -0.39 is 5.41 Å². The molecule has 4 bridgehead atoms. The number of fused-ring (bicyclic) bond motifs is 4. The van der Waals surface area contributed by atoms with E-state index in [4.69, 9.17) is 4.74 Å². The maximum atomic E-state index is 13.7. The van der Waals surface area contributed by atoms with Crippen LogP contribution in [0.2, 0.25) is 0 Å². The number of carbonyl (C=O) groups is 3. The average molecular weight is 519 g/mol. The molecule has 2 fully saturated rings. The normalized spacial score (nSPS) is 21.4. The van der Waals surface area contributed by atoms with E-state index in [0.717, 1.165) is 35.6 Å². The number of nitrogens with one attached hydrogen (secondary N) is 1. The number of likely N-dealkylation sites (N-methyl/N-ethyl adjacent to an activating group) is 1. The van der Waals surface area contributed by atoms with Crippen LogP contribution in [0.5, 0.6) is 11.5 Å². The van der Waals surface area contributed by atoms with Crippen LogP contribution in [-0.4, -0.2) is 85.8 Å². The lowest BCUT2D eigenvalue weighted by atomic mass is 9.72. The van der Waals surface area contributed by atoms with Crippen molar-refractivity contribution in [3.8, 4) is 11.5 Å². The van der Waals surface area contributed by atoms with Gasteiger partial charge in [-0.25, -0.2) is 0 Å². The van der Waals surface area contributed by atoms with E-state index in [9.17, 15) is 14.4 Å². The van der Waals surface area contributed by atoms with Crippen molar-refractivity contribution in [3.63, 3.8) is 0 Å². The maximum Gasteiger partial charge on any atom is 0.227 e. The molecule has 8 nitrogen and oxygen atoms in total. The first-order chi connectivity index (χ1) is 18.3. The minimum Gasteiger partial charge on any atom is -0.457 e. The number of nitrogens with zero attached hydrogens (tertiary/aromatic N) is 3. The molecule has 3 aliphatic heterocycles. The lowest BCUT2D eigenvalue weighted by Crippen LogP contribution is -2.52. The highest BCUT2D eigenvalue weighted by Gasteiger charge is 2.44. The molecule has 202 valence electrons. The standard InChI is InChI=1S/C30H38N4O4/c1-32(2)15-16-34-21-24(19-27(34)35)28(36)33-13-10-30(11-14-33)20-23-6-4-8-26(18-23)38-25-7-3-5-22(17-25)9-12-31-29(30)37/h3-8,17-18,24H,9-16,19-21H2,1-2H3,(H,31,37). The fraction of sp³-hybridized carbons (Fsp3) is 0.500. The van der Waals surface area contributed by atoms with Gasteiger partial charge in [0.2, 0.25) is 17.7 Å². The highest BCUT2D eigenvalue weighted by Crippen LogP contribution is 2.38. The summed E-state index contributed by atoms with van der Waals surface area (Å²) < 4.78 is 6.14. The molecule has 0 aromatic heterocycles. The van der Waals surface area contributed by atoms with Crippen LogP contribution in [0.1, 0.15) is 30.4 Å². The number of piperidine rings is 1. The van der Waals surface area contributed by atoms with Gasteiger partial charge in [-0.2, -0.15) is 0 Å². The van der Waals surface area contributed by atoms with Gasteiger partial charge in [-0.15, -0.1) is 0 Å². The van der Waals surface area contributed by atoms with E-state index in [0.29, 0.717) is 52.0 Å². The second-order valence-electron chi connectivity index (χ2n) is 11.2. The second kappa shape index (κ2) is 11.2. The average Bonchev–Trinajstić information content (AvgIpc) is 3.28. The zero-order valence-electron chi connectivity index (χ0n) is 22.4. The van der Waals surface area contributed by atoms with Gasteiger partial charge in [-0.1, -0.05) is 24.3 Å². The van der Waals surface area contributed by atoms with Crippen LogP contribution in [0.25, 0.3) is 0 Å². The van der Waals surface area contributed by atoms with Crippen LogP contribution in [0.4, 0.5) is 0 Å². The number of rotatable bonds is 4. The van der Waals surface area contributed by atoms with Gasteiger partial charge < -0.3 is 24.8 Å². The van der Waals surface area contributed by atoms with Gasteiger partial charge in [0.05, 0.1) is 11.3 Å². The van der Waals surface area contributed by atoms with Crippen molar-refractivity contribution in [2.75, 3.05) is 53.4 Å². The summed E-state index contributed by atoms with van der Waals surface area (Å²) >= 11 is 0. The van der Waals surface area contributed by atoms with E-state index in [1.807, 2.05) is 77.3 Å². The summed E-state index contributed by atoms with van der Waals surface area (Å²) in [5, 5.41) is 3.19. The number of benzene rings is 2. The van der Waals surface area contributed by atoms with Gasteiger partial charge in [0.15, 0.2) is 0 Å². The van der Waals surface area contributed by atoms with Crippen molar-refractivity contribution in [2.24, 2.45) is 11.3 Å². The molecule has 3 amide bonds. The third-order valence-electron chi connectivity index (χ3n) is 8.17. The van der Waals surface area contributed by atoms with E-state index in [-0.39, 0.29) is 30.1 Å². The first kappa shape index (κ1) is 26.2. The Morgan fingerprint density at radius 1 is 1.05 bits per heavy atom. The van der Waals surface area contributed by atoms with Crippen LogP contribution < -0.4 is 10.1 Å². The number of ether oxygens (including phenoxy) is 1. The molecule has 3 aliphatic rings. The summed E-state index contributed by atoms with van der Waals surface area (Å²) in [7, 11) is 3.96. The number of carbonyl (C=O) groups excluding carboxylic acids is 3. The van der Waals surface area contributed by atoms with Gasteiger partial charge in [0.1, 0.15) is 11.5 Å². The largest absolute Gasteiger partial charge is 0.457 e. The summed E-state index contributed by atoms with van der Waals surface area (Å²) in [5.74, 6) is 1.40. The monoisotopic (exact) mass is 518 g/mol. The molecular formula is C30H38N4O4. The molecule has 2 aromatic rings. The van der Waals surface area contributed by atoms with E-state index in [1.54, 1.807) is 0 Å². The van der Waals surface area contributed by atoms with Gasteiger partial charge >= 0.3 is 0 Å². The Morgan fingerprint density at radius 2 is 1.74 bits per heavy atom. The number of hydrogen-bond acceptors (Lipinski definition) is 5. The van der Waals surface area contributed by atoms with Gasteiger partial charge in [-0.05, 0) is 75.2 Å². The fourth-order valence-corrected chi connectivity index (χ4v) is 5.89. The predicted molar refractivity (Wildman–Crippen MR) is 145 cm³/mol. The van der Waals surface area contributed by atoms with Gasteiger partial charge in [0, 0.05) is 45.7 Å². The molecule has 5 rings (SSSR count). The van der Waals surface area contributed by atoms with Crippen LogP contribution in [0.15, 0.2) is 48.5 Å². The molecule has 1 spiro atoms. The first-order valence-electron chi connectivity index (χ1n) is 13.7. The molecule has 1 N–H and O–H groups in total. The molecule has 8 heteroatoms. The summed E-state index contributed by atoms with van der Waals surface area (Å²) in [4.78, 5) is 45.3. The molecule has 0 aliphatic carbocycles. The van der Waals surface area contributed by atoms with Gasteiger partial charge in [-0.3, -0.25) is 14.4 Å². The Balaban J connectivity index is 1.28. The first-order valence-corrected chi connectivity index (χ1v) is 13.7. The fourth-order valence-electron chi connectivity index (χ4n) is 5.89. The van der Waals surface area contributed by atoms with E-state index >= 15 is 0 Å². The van der Waals surface area contributed by atoms with Crippen LogP contribution in [0, 0.1) is 11.3 Å². The Morgan fingerprint density at radius 3 is 2.45 bits per heavy atom. The molecule has 0 radical (unpaired) electrons. The molecule has 1 atom stereocenters. The maximum absolute atomic E-state index is 13.7. The Hall–Kier alpha value is -3.39. The molecular weight excluding hydrogens is 480 g/mol. The molecule has 1 unspecified atom stereocenters. The Kier molecular flexibility index (Phi) is 7.70. The predicted octanol–water partition coefficient (Wildman–Crippen LogP) is 2.71. The SMILES string of the molecule is CN(C)CCN1CC(C(=O)N2CCC3(CC2)Cc2cccc(c2)Oc2cccc(c2)CCNC3=O)CC1=O. The summed E-state index contributed by atoms with van der Waals surface area (Å²) in [5.41, 5.74) is 1.56. The summed E-state index contributed by atoms with van der Waals surface area (Å²) in [6.45, 7) is 3.51. The molecule has 0 saturated carbocycles. The third kappa shape index (κ3) is 5.85. The lowest BCUT2D eigenvalue weighted by Gasteiger charge is -2.41.